The van der Waals surface area contributed by atoms with Crippen molar-refractivity contribution in [3.05, 3.63) is 29.8 Å². The maximum absolute atomic E-state index is 12.0. The third-order valence-corrected chi connectivity index (χ3v) is 6.55. The topological polar surface area (TPSA) is 85.8 Å². The molecular weight excluding hydrogens is 392 g/mol. The van der Waals surface area contributed by atoms with Gasteiger partial charge in [-0.2, -0.15) is 0 Å². The molecule has 1 saturated heterocycles. The average Bonchev–Trinajstić information content (AvgIpc) is 2.79. The third kappa shape index (κ3) is 4.82. The lowest BCUT2D eigenvalue weighted by atomic mass is 9.94. The number of hydrogen-bond donors (Lipinski definition) is 2. The number of carbonyl (C=O) groups is 2. The highest BCUT2D eigenvalue weighted by molar-refractivity contribution is 6.05. The summed E-state index contributed by atoms with van der Waals surface area (Å²) < 4.78 is 0. The van der Waals surface area contributed by atoms with Crippen LogP contribution in [0.25, 0.3) is 10.9 Å². The Morgan fingerprint density at radius 3 is 2.42 bits per heavy atom. The summed E-state index contributed by atoms with van der Waals surface area (Å²) >= 11 is 0. The third-order valence-electron chi connectivity index (χ3n) is 6.55. The van der Waals surface area contributed by atoms with Crippen LogP contribution >= 0.6 is 0 Å². The highest BCUT2D eigenvalue weighted by Crippen LogP contribution is 2.28. The van der Waals surface area contributed by atoms with Gasteiger partial charge in [-0.15, -0.1) is 0 Å². The van der Waals surface area contributed by atoms with Crippen molar-refractivity contribution in [2.24, 2.45) is 5.92 Å². The molecule has 7 nitrogen and oxygen atoms in total. The summed E-state index contributed by atoms with van der Waals surface area (Å²) in [7, 11) is 0. The highest BCUT2D eigenvalue weighted by Gasteiger charge is 2.26. The number of carbonyl (C=O) groups excluding carboxylic acids is 1. The van der Waals surface area contributed by atoms with Crippen LogP contribution in [0.5, 0.6) is 0 Å². The van der Waals surface area contributed by atoms with E-state index in [0.717, 1.165) is 26.2 Å². The second-order valence-corrected chi connectivity index (χ2v) is 9.02. The fourth-order valence-corrected chi connectivity index (χ4v) is 4.68. The van der Waals surface area contributed by atoms with Crippen molar-refractivity contribution in [1.82, 2.24) is 9.88 Å². The smallest absolute Gasteiger partial charge is 0.336 e. The van der Waals surface area contributed by atoms with Gasteiger partial charge in [-0.05, 0) is 37.1 Å². The monoisotopic (exact) mass is 424 g/mol. The predicted octanol–water partition coefficient (Wildman–Crippen LogP) is 3.98. The SMILES string of the molecule is CC(C)C(=O)Nc1ccc2nc(N3CCN(C4CCCCC4)CC3)cc(C(=O)O)c2c1. The zero-order valence-electron chi connectivity index (χ0n) is 18.4. The van der Waals surface area contributed by atoms with Gasteiger partial charge in [-0.1, -0.05) is 33.1 Å². The Labute approximate surface area is 183 Å². The van der Waals surface area contributed by atoms with Gasteiger partial charge < -0.3 is 15.3 Å². The van der Waals surface area contributed by atoms with Crippen molar-refractivity contribution in [3.63, 3.8) is 0 Å². The number of aromatic carboxylic acids is 1. The number of fused-ring (bicyclic) bond motifs is 1. The molecule has 4 rings (SSSR count). The molecule has 0 bridgehead atoms. The number of nitrogens with zero attached hydrogens (tertiary/aromatic N) is 3. The molecule has 7 heteroatoms. The van der Waals surface area contributed by atoms with E-state index in [9.17, 15) is 14.7 Å². The van der Waals surface area contributed by atoms with Gasteiger partial charge in [0, 0.05) is 49.2 Å². The van der Waals surface area contributed by atoms with E-state index < -0.39 is 5.97 Å². The van der Waals surface area contributed by atoms with Gasteiger partial charge in [0.2, 0.25) is 5.91 Å². The largest absolute Gasteiger partial charge is 0.478 e. The minimum atomic E-state index is -0.984. The number of carboxylic acids is 1. The minimum Gasteiger partial charge on any atom is -0.478 e. The fraction of sp³-hybridized carbons (Fsp3) is 0.542. The molecule has 0 unspecified atom stereocenters. The van der Waals surface area contributed by atoms with E-state index in [-0.39, 0.29) is 17.4 Å². The molecule has 1 amide bonds. The van der Waals surface area contributed by atoms with E-state index in [1.54, 1.807) is 24.3 Å². The van der Waals surface area contributed by atoms with Crippen molar-refractivity contribution < 1.29 is 14.7 Å². The van der Waals surface area contributed by atoms with E-state index in [1.165, 1.54) is 32.1 Å². The van der Waals surface area contributed by atoms with Gasteiger partial charge in [0.25, 0.3) is 0 Å². The zero-order valence-corrected chi connectivity index (χ0v) is 18.4. The normalized spacial score (nSPS) is 18.5. The number of aromatic nitrogens is 1. The van der Waals surface area contributed by atoms with Crippen molar-refractivity contribution in [2.45, 2.75) is 52.0 Å². The molecule has 0 spiro atoms. The van der Waals surface area contributed by atoms with Crippen LogP contribution in [-0.2, 0) is 4.79 Å². The molecule has 1 aromatic heterocycles. The molecule has 2 fully saturated rings. The summed E-state index contributed by atoms with van der Waals surface area (Å²) in [5.41, 5.74) is 1.44. The zero-order chi connectivity index (χ0) is 22.0. The van der Waals surface area contributed by atoms with E-state index in [1.807, 2.05) is 13.8 Å². The van der Waals surface area contributed by atoms with Crippen LogP contribution in [0.4, 0.5) is 11.5 Å². The van der Waals surface area contributed by atoms with E-state index in [0.29, 0.717) is 28.5 Å². The molecule has 1 aliphatic carbocycles. The summed E-state index contributed by atoms with van der Waals surface area (Å²) in [6.45, 7) is 7.34. The molecular formula is C24H32N4O3. The van der Waals surface area contributed by atoms with Gasteiger partial charge in [-0.25, -0.2) is 9.78 Å². The average molecular weight is 425 g/mol. The van der Waals surface area contributed by atoms with E-state index in [2.05, 4.69) is 15.1 Å². The fourth-order valence-electron chi connectivity index (χ4n) is 4.68. The van der Waals surface area contributed by atoms with Crippen molar-refractivity contribution in [1.29, 1.82) is 0 Å². The predicted molar refractivity (Wildman–Crippen MR) is 123 cm³/mol. The number of hydrogen-bond acceptors (Lipinski definition) is 5. The van der Waals surface area contributed by atoms with Gasteiger partial charge in [0.15, 0.2) is 0 Å². The van der Waals surface area contributed by atoms with Gasteiger partial charge >= 0.3 is 5.97 Å². The molecule has 0 atom stereocenters. The lowest BCUT2D eigenvalue weighted by molar-refractivity contribution is -0.118. The molecule has 31 heavy (non-hydrogen) atoms. The number of anilines is 2. The first-order chi connectivity index (χ1) is 14.9. The van der Waals surface area contributed by atoms with Crippen LogP contribution in [0.15, 0.2) is 24.3 Å². The lowest BCUT2D eigenvalue weighted by Gasteiger charge is -2.41. The van der Waals surface area contributed by atoms with Crippen LogP contribution in [0.2, 0.25) is 0 Å². The van der Waals surface area contributed by atoms with Crippen LogP contribution in [0.1, 0.15) is 56.3 Å². The highest BCUT2D eigenvalue weighted by atomic mass is 16.4. The number of rotatable bonds is 5. The summed E-state index contributed by atoms with van der Waals surface area (Å²) in [4.78, 5) is 33.6. The Morgan fingerprint density at radius 2 is 1.77 bits per heavy atom. The number of piperazine rings is 1. The molecule has 2 aromatic rings. The van der Waals surface area contributed by atoms with Crippen LogP contribution in [0, 0.1) is 5.92 Å². The molecule has 1 saturated carbocycles. The van der Waals surface area contributed by atoms with Crippen LogP contribution in [0.3, 0.4) is 0 Å². The van der Waals surface area contributed by atoms with E-state index in [4.69, 9.17) is 4.98 Å². The summed E-state index contributed by atoms with van der Waals surface area (Å²) in [6, 6.07) is 7.66. The van der Waals surface area contributed by atoms with Crippen LogP contribution < -0.4 is 10.2 Å². The molecule has 1 aliphatic heterocycles. The molecule has 1 aromatic carbocycles. The number of pyridine rings is 1. The number of carboxylic acid groups (broad SMARTS) is 1. The Bertz CT molecular complexity index is 961. The van der Waals surface area contributed by atoms with Crippen LogP contribution in [-0.4, -0.2) is 59.1 Å². The number of amides is 1. The first-order valence-electron chi connectivity index (χ1n) is 11.4. The second-order valence-electron chi connectivity index (χ2n) is 9.02. The second kappa shape index (κ2) is 9.22. The Kier molecular flexibility index (Phi) is 6.41. The maximum atomic E-state index is 12.0. The molecule has 2 N–H and O–H groups in total. The molecule has 166 valence electrons. The quantitative estimate of drug-likeness (QED) is 0.755. The van der Waals surface area contributed by atoms with Crippen molar-refractivity contribution >= 4 is 34.3 Å². The van der Waals surface area contributed by atoms with Gasteiger partial charge in [0.05, 0.1) is 11.1 Å². The first kappa shape index (κ1) is 21.6. The molecule has 2 aliphatic rings. The lowest BCUT2D eigenvalue weighted by Crippen LogP contribution is -2.51. The summed E-state index contributed by atoms with van der Waals surface area (Å²) in [5, 5.41) is 13.2. The Balaban J connectivity index is 1.55. The summed E-state index contributed by atoms with van der Waals surface area (Å²) in [5.74, 6) is -0.520. The number of nitrogens with one attached hydrogen (secondary N) is 1. The molecule has 2 heterocycles. The molecule has 0 radical (unpaired) electrons. The Morgan fingerprint density at radius 1 is 1.06 bits per heavy atom. The summed E-state index contributed by atoms with van der Waals surface area (Å²) in [6.07, 6.45) is 6.62. The number of benzene rings is 1. The van der Waals surface area contributed by atoms with Gasteiger partial charge in [-0.3, -0.25) is 9.69 Å². The first-order valence-corrected chi connectivity index (χ1v) is 11.4. The van der Waals surface area contributed by atoms with Gasteiger partial charge in [0.1, 0.15) is 5.82 Å². The minimum absolute atomic E-state index is 0.100. The van der Waals surface area contributed by atoms with Crippen molar-refractivity contribution in [2.75, 3.05) is 36.4 Å². The van der Waals surface area contributed by atoms with Crippen molar-refractivity contribution in [3.8, 4) is 0 Å². The maximum Gasteiger partial charge on any atom is 0.336 e. The Hall–Kier alpha value is -2.67. The standard InChI is InChI=1S/C24H32N4O3/c1-16(2)23(29)25-17-8-9-21-19(14-17)20(24(30)31)15-22(26-21)28-12-10-27(11-13-28)18-6-4-3-5-7-18/h8-9,14-16,18H,3-7,10-13H2,1-2H3,(H,25,29)(H,30,31). The van der Waals surface area contributed by atoms with E-state index >= 15 is 0 Å².